The molecule has 9 heteroatoms. The van der Waals surface area contributed by atoms with Crippen LogP contribution in [0.4, 0.5) is 10.8 Å². The number of nitrogens with zero attached hydrogens (tertiary/aromatic N) is 2. The van der Waals surface area contributed by atoms with Gasteiger partial charge in [-0.25, -0.2) is 0 Å². The molecule has 1 aromatic heterocycles. The summed E-state index contributed by atoms with van der Waals surface area (Å²) in [6.45, 7) is 5.78. The molecule has 2 N–H and O–H groups in total. The highest BCUT2D eigenvalue weighted by atomic mass is 32.2. The summed E-state index contributed by atoms with van der Waals surface area (Å²) in [5.74, 6) is 0.623. The van der Waals surface area contributed by atoms with Gasteiger partial charge in [0, 0.05) is 27.7 Å². The van der Waals surface area contributed by atoms with Gasteiger partial charge in [0.05, 0.1) is 5.25 Å². The number of rotatable bonds is 8. The molecule has 0 fully saturated rings. The van der Waals surface area contributed by atoms with Crippen LogP contribution in [0.15, 0.2) is 58.6 Å². The Kier molecular flexibility index (Phi) is 7.89. The van der Waals surface area contributed by atoms with E-state index in [4.69, 9.17) is 0 Å². The first-order chi connectivity index (χ1) is 14.5. The van der Waals surface area contributed by atoms with E-state index in [0.717, 1.165) is 16.2 Å². The van der Waals surface area contributed by atoms with E-state index < -0.39 is 0 Å². The Bertz CT molecular complexity index is 1020. The molecular formula is C21H22N4O2S3. The highest BCUT2D eigenvalue weighted by Crippen LogP contribution is 2.27. The highest BCUT2D eigenvalue weighted by molar-refractivity contribution is 8.00. The van der Waals surface area contributed by atoms with Crippen LogP contribution in [0.1, 0.15) is 29.8 Å². The van der Waals surface area contributed by atoms with Crippen molar-refractivity contribution in [2.75, 3.05) is 16.4 Å². The molecule has 3 rings (SSSR count). The lowest BCUT2D eigenvalue weighted by atomic mass is 10.1. The Morgan fingerprint density at radius 2 is 1.83 bits per heavy atom. The normalized spacial score (nSPS) is 11.7. The number of amides is 2. The maximum absolute atomic E-state index is 12.4. The third-order valence-electron chi connectivity index (χ3n) is 4.09. The molecule has 156 valence electrons. The minimum atomic E-state index is -0.302. The summed E-state index contributed by atoms with van der Waals surface area (Å²) in [5, 5.41) is 6.61. The number of carbonyl (C=O) groups is 2. The summed E-state index contributed by atoms with van der Waals surface area (Å²) < 4.78 is 4.20. The van der Waals surface area contributed by atoms with Gasteiger partial charge in [0.2, 0.25) is 16.2 Å². The van der Waals surface area contributed by atoms with E-state index in [-0.39, 0.29) is 17.1 Å². The Morgan fingerprint density at radius 1 is 1.10 bits per heavy atom. The van der Waals surface area contributed by atoms with Crippen LogP contribution < -0.4 is 10.6 Å². The molecule has 3 aromatic rings. The standard InChI is InChI=1S/C21H22N4O2S3/c1-4-28-21-24-20(30-25-21)23-18(26)14(3)29-16-11-9-15(10-12-16)22-19(27)17-8-6-5-7-13(17)2/h5-12,14H,4H2,1-3H3,(H,22,27)(H,23,24,25,26). The van der Waals surface area contributed by atoms with Gasteiger partial charge in [-0.1, -0.05) is 36.9 Å². The van der Waals surface area contributed by atoms with Crippen molar-refractivity contribution in [3.05, 3.63) is 59.7 Å². The number of carbonyl (C=O) groups excluding carboxylic acids is 2. The molecule has 0 aliphatic rings. The molecule has 0 bridgehead atoms. The van der Waals surface area contributed by atoms with Crippen molar-refractivity contribution < 1.29 is 9.59 Å². The van der Waals surface area contributed by atoms with Crippen molar-refractivity contribution in [3.63, 3.8) is 0 Å². The van der Waals surface area contributed by atoms with E-state index in [1.165, 1.54) is 23.3 Å². The molecule has 0 aliphatic carbocycles. The lowest BCUT2D eigenvalue weighted by Gasteiger charge is -2.11. The Hall–Kier alpha value is -2.36. The lowest BCUT2D eigenvalue weighted by molar-refractivity contribution is -0.115. The van der Waals surface area contributed by atoms with Gasteiger partial charge in [-0.15, -0.1) is 11.8 Å². The van der Waals surface area contributed by atoms with Crippen molar-refractivity contribution in [2.24, 2.45) is 0 Å². The number of hydrogen-bond donors (Lipinski definition) is 2. The van der Waals surface area contributed by atoms with E-state index in [1.54, 1.807) is 17.8 Å². The van der Waals surface area contributed by atoms with Gasteiger partial charge >= 0.3 is 0 Å². The van der Waals surface area contributed by atoms with Crippen LogP contribution >= 0.6 is 35.1 Å². The predicted octanol–water partition coefficient (Wildman–Crippen LogP) is 5.33. The van der Waals surface area contributed by atoms with Crippen molar-refractivity contribution in [1.82, 2.24) is 9.36 Å². The van der Waals surface area contributed by atoms with Gasteiger partial charge in [0.15, 0.2) is 0 Å². The fourth-order valence-electron chi connectivity index (χ4n) is 2.56. The summed E-state index contributed by atoms with van der Waals surface area (Å²) in [6.07, 6.45) is 0. The zero-order valence-corrected chi connectivity index (χ0v) is 19.3. The molecule has 2 amide bonds. The van der Waals surface area contributed by atoms with E-state index in [2.05, 4.69) is 20.0 Å². The van der Waals surface area contributed by atoms with Crippen LogP contribution in [0, 0.1) is 6.92 Å². The molecule has 0 saturated heterocycles. The summed E-state index contributed by atoms with van der Waals surface area (Å²) in [6, 6.07) is 14.9. The minimum Gasteiger partial charge on any atom is -0.322 e. The van der Waals surface area contributed by atoms with Crippen LogP contribution in [0.25, 0.3) is 0 Å². The van der Waals surface area contributed by atoms with Crippen LogP contribution in [0.2, 0.25) is 0 Å². The second kappa shape index (κ2) is 10.6. The van der Waals surface area contributed by atoms with Crippen molar-refractivity contribution in [1.29, 1.82) is 0 Å². The van der Waals surface area contributed by atoms with Gasteiger partial charge < -0.3 is 5.32 Å². The zero-order chi connectivity index (χ0) is 21.5. The van der Waals surface area contributed by atoms with Gasteiger partial charge in [-0.05, 0) is 55.5 Å². The molecular weight excluding hydrogens is 436 g/mol. The van der Waals surface area contributed by atoms with Crippen LogP contribution in [0.3, 0.4) is 0 Å². The molecule has 1 unspecified atom stereocenters. The van der Waals surface area contributed by atoms with E-state index in [0.29, 0.717) is 21.5 Å². The summed E-state index contributed by atoms with van der Waals surface area (Å²) in [7, 11) is 0. The average molecular weight is 459 g/mol. The molecule has 1 atom stereocenters. The topological polar surface area (TPSA) is 84.0 Å². The Labute approximate surface area is 188 Å². The predicted molar refractivity (Wildman–Crippen MR) is 126 cm³/mol. The SMILES string of the molecule is CCSc1nsc(NC(=O)C(C)Sc2ccc(NC(=O)c3ccccc3C)cc2)n1. The van der Waals surface area contributed by atoms with Gasteiger partial charge in [-0.2, -0.15) is 9.36 Å². The highest BCUT2D eigenvalue weighted by Gasteiger charge is 2.17. The second-order valence-electron chi connectivity index (χ2n) is 6.36. The molecule has 0 aliphatic heterocycles. The first-order valence-electron chi connectivity index (χ1n) is 9.37. The lowest BCUT2D eigenvalue weighted by Crippen LogP contribution is -2.22. The van der Waals surface area contributed by atoms with Crippen LogP contribution in [-0.4, -0.2) is 32.2 Å². The molecule has 0 spiro atoms. The maximum Gasteiger partial charge on any atom is 0.255 e. The van der Waals surface area contributed by atoms with E-state index in [9.17, 15) is 9.59 Å². The van der Waals surface area contributed by atoms with Crippen LogP contribution in [-0.2, 0) is 4.79 Å². The first-order valence-corrected chi connectivity index (χ1v) is 12.0. The first kappa shape index (κ1) is 22.3. The fraction of sp³-hybridized carbons (Fsp3) is 0.238. The van der Waals surface area contributed by atoms with Gasteiger partial charge in [0.1, 0.15) is 0 Å². The van der Waals surface area contributed by atoms with E-state index in [1.807, 2.05) is 63.2 Å². The van der Waals surface area contributed by atoms with Crippen molar-refractivity contribution >= 4 is 57.7 Å². The summed E-state index contributed by atoms with van der Waals surface area (Å²) >= 11 is 4.17. The second-order valence-corrected chi connectivity index (χ2v) is 9.76. The summed E-state index contributed by atoms with van der Waals surface area (Å²) in [5.41, 5.74) is 2.29. The number of benzene rings is 2. The largest absolute Gasteiger partial charge is 0.322 e. The quantitative estimate of drug-likeness (QED) is 0.444. The van der Waals surface area contributed by atoms with Gasteiger partial charge in [0.25, 0.3) is 5.91 Å². The molecule has 6 nitrogen and oxygen atoms in total. The fourth-order valence-corrected chi connectivity index (χ4v) is 4.70. The van der Waals surface area contributed by atoms with Crippen molar-refractivity contribution in [2.45, 2.75) is 36.1 Å². The number of aromatic nitrogens is 2. The maximum atomic E-state index is 12.4. The molecule has 0 radical (unpaired) electrons. The summed E-state index contributed by atoms with van der Waals surface area (Å²) in [4.78, 5) is 30.1. The molecule has 0 saturated carbocycles. The Balaban J connectivity index is 1.54. The minimum absolute atomic E-state index is 0.124. The average Bonchev–Trinajstić information content (AvgIpc) is 3.17. The van der Waals surface area contributed by atoms with E-state index >= 15 is 0 Å². The number of aryl methyl sites for hydroxylation is 1. The molecule has 30 heavy (non-hydrogen) atoms. The number of thioether (sulfide) groups is 2. The van der Waals surface area contributed by atoms with Gasteiger partial charge in [-0.3, -0.25) is 14.9 Å². The monoisotopic (exact) mass is 458 g/mol. The number of hydrogen-bond acceptors (Lipinski definition) is 7. The zero-order valence-electron chi connectivity index (χ0n) is 16.8. The third kappa shape index (κ3) is 6.07. The van der Waals surface area contributed by atoms with Crippen LogP contribution in [0.5, 0.6) is 0 Å². The smallest absolute Gasteiger partial charge is 0.255 e. The molecule has 2 aromatic carbocycles. The number of nitrogens with one attached hydrogen (secondary N) is 2. The van der Waals surface area contributed by atoms with Crippen molar-refractivity contribution in [3.8, 4) is 0 Å². The Morgan fingerprint density at radius 3 is 2.53 bits per heavy atom. The third-order valence-corrected chi connectivity index (χ3v) is 6.68. The molecule has 1 heterocycles. The number of anilines is 2.